The zero-order chi connectivity index (χ0) is 15.5. The molecule has 0 aliphatic heterocycles. The molecule has 0 radical (unpaired) electrons. The molecule has 22 heavy (non-hydrogen) atoms. The molecule has 1 amide bonds. The molecule has 2 aromatic heterocycles. The fourth-order valence-electron chi connectivity index (χ4n) is 1.81. The highest BCUT2D eigenvalue weighted by atomic mass is 35.5. The number of pyridine rings is 1. The van der Waals surface area contributed by atoms with Gasteiger partial charge in [-0.2, -0.15) is 5.10 Å². The minimum atomic E-state index is -0.430. The Morgan fingerprint density at radius 1 is 1.09 bits per heavy atom. The highest BCUT2D eigenvalue weighted by Gasteiger charge is 2.13. The molecule has 0 aliphatic carbocycles. The highest BCUT2D eigenvalue weighted by Crippen LogP contribution is 2.19. The van der Waals surface area contributed by atoms with Crippen molar-refractivity contribution in [3.8, 4) is 5.69 Å². The lowest BCUT2D eigenvalue weighted by Crippen LogP contribution is -2.14. The quantitative estimate of drug-likeness (QED) is 0.747. The van der Waals surface area contributed by atoms with Gasteiger partial charge in [-0.1, -0.05) is 23.2 Å². The highest BCUT2D eigenvalue weighted by molar-refractivity contribution is 6.35. The zero-order valence-corrected chi connectivity index (χ0v) is 12.6. The van der Waals surface area contributed by atoms with E-state index < -0.39 is 5.91 Å². The van der Waals surface area contributed by atoms with Crippen LogP contribution in [0, 0.1) is 0 Å². The van der Waals surface area contributed by atoms with E-state index in [1.165, 1.54) is 18.5 Å². The molecule has 6 nitrogen and oxygen atoms in total. The number of rotatable bonds is 3. The first kappa shape index (κ1) is 14.5. The Balaban J connectivity index is 1.78. The summed E-state index contributed by atoms with van der Waals surface area (Å²) in [5, 5.41) is 7.17. The van der Waals surface area contributed by atoms with E-state index in [9.17, 15) is 4.79 Å². The molecule has 1 N–H and O–H groups in total. The van der Waals surface area contributed by atoms with Gasteiger partial charge in [0.25, 0.3) is 5.91 Å². The summed E-state index contributed by atoms with van der Waals surface area (Å²) in [6.45, 7) is 0. The molecule has 3 rings (SSSR count). The molecule has 3 aromatic rings. The monoisotopic (exact) mass is 333 g/mol. The van der Waals surface area contributed by atoms with E-state index in [0.29, 0.717) is 5.69 Å². The van der Waals surface area contributed by atoms with Crippen molar-refractivity contribution in [3.63, 3.8) is 0 Å². The third kappa shape index (κ3) is 3.08. The molecular formula is C14H9Cl2N5O. The summed E-state index contributed by atoms with van der Waals surface area (Å²) in [6.07, 6.45) is 3.03. The number of halogens is 2. The normalized spacial score (nSPS) is 10.5. The van der Waals surface area contributed by atoms with E-state index >= 15 is 0 Å². The second-order valence-corrected chi connectivity index (χ2v) is 5.10. The summed E-state index contributed by atoms with van der Waals surface area (Å²) in [4.78, 5) is 20.0. The van der Waals surface area contributed by atoms with Crippen LogP contribution in [0.5, 0.6) is 0 Å². The van der Waals surface area contributed by atoms with Gasteiger partial charge in [0.1, 0.15) is 23.5 Å². The molecule has 1 aromatic carbocycles. The molecule has 0 aliphatic rings. The van der Waals surface area contributed by atoms with Crippen LogP contribution in [-0.4, -0.2) is 25.7 Å². The Hall–Kier alpha value is -2.44. The molecule has 0 saturated carbocycles. The Kier molecular flexibility index (Phi) is 4.04. The summed E-state index contributed by atoms with van der Waals surface area (Å²) in [6, 6.07) is 10.1. The summed E-state index contributed by atoms with van der Waals surface area (Å²) in [7, 11) is 0. The third-order valence-corrected chi connectivity index (χ3v) is 3.35. The number of nitrogens with one attached hydrogen (secondary N) is 1. The summed E-state index contributed by atoms with van der Waals surface area (Å²) in [5.41, 5.74) is 1.51. The summed E-state index contributed by atoms with van der Waals surface area (Å²) < 4.78 is 1.61. The smallest absolute Gasteiger partial charge is 0.275 e. The lowest BCUT2D eigenvalue weighted by atomic mass is 10.2. The van der Waals surface area contributed by atoms with E-state index in [-0.39, 0.29) is 15.9 Å². The predicted molar refractivity (Wildman–Crippen MR) is 83.6 cm³/mol. The average molecular weight is 334 g/mol. The van der Waals surface area contributed by atoms with Crippen LogP contribution >= 0.6 is 23.2 Å². The first-order valence-electron chi connectivity index (χ1n) is 6.22. The van der Waals surface area contributed by atoms with Crippen molar-refractivity contribution in [2.45, 2.75) is 0 Å². The van der Waals surface area contributed by atoms with Crippen molar-refractivity contribution in [1.82, 2.24) is 19.7 Å². The van der Waals surface area contributed by atoms with Crippen LogP contribution in [0.1, 0.15) is 10.5 Å². The van der Waals surface area contributed by atoms with Crippen molar-refractivity contribution < 1.29 is 4.79 Å². The number of hydrogen-bond acceptors (Lipinski definition) is 4. The van der Waals surface area contributed by atoms with Gasteiger partial charge in [0.05, 0.1) is 10.7 Å². The van der Waals surface area contributed by atoms with Crippen LogP contribution in [0.4, 0.5) is 5.69 Å². The number of aromatic nitrogens is 4. The zero-order valence-electron chi connectivity index (χ0n) is 11.1. The second-order valence-electron chi connectivity index (χ2n) is 4.31. The van der Waals surface area contributed by atoms with Crippen molar-refractivity contribution in [2.24, 2.45) is 0 Å². The summed E-state index contributed by atoms with van der Waals surface area (Å²) in [5.74, 6) is -0.430. The minimum absolute atomic E-state index is 0.0783. The van der Waals surface area contributed by atoms with E-state index in [0.717, 1.165) is 5.69 Å². The van der Waals surface area contributed by atoms with E-state index in [1.807, 2.05) is 0 Å². The van der Waals surface area contributed by atoms with Gasteiger partial charge in [-0.25, -0.2) is 14.6 Å². The molecule has 2 heterocycles. The number of nitrogens with zero attached hydrogens (tertiary/aromatic N) is 4. The van der Waals surface area contributed by atoms with Crippen LogP contribution in [-0.2, 0) is 0 Å². The number of benzene rings is 1. The fraction of sp³-hybridized carbons (Fsp3) is 0. The lowest BCUT2D eigenvalue weighted by Gasteiger charge is -2.07. The van der Waals surface area contributed by atoms with Crippen LogP contribution in [0.2, 0.25) is 10.2 Å². The SMILES string of the molecule is O=C(Nc1ccc(-n2cncn2)cc1)c1nc(Cl)ccc1Cl. The van der Waals surface area contributed by atoms with Gasteiger partial charge in [0.2, 0.25) is 0 Å². The Bertz CT molecular complexity index is 803. The van der Waals surface area contributed by atoms with Crippen LogP contribution in [0.3, 0.4) is 0 Å². The van der Waals surface area contributed by atoms with Crippen molar-refractivity contribution >= 4 is 34.8 Å². The number of anilines is 1. The number of hydrogen-bond donors (Lipinski definition) is 1. The van der Waals surface area contributed by atoms with Crippen LogP contribution in [0.15, 0.2) is 49.1 Å². The van der Waals surface area contributed by atoms with Gasteiger partial charge < -0.3 is 5.32 Å². The van der Waals surface area contributed by atoms with E-state index in [2.05, 4.69) is 20.4 Å². The maximum atomic E-state index is 12.2. The molecule has 0 unspecified atom stereocenters. The summed E-state index contributed by atoms with van der Waals surface area (Å²) >= 11 is 11.7. The van der Waals surface area contributed by atoms with E-state index in [4.69, 9.17) is 23.2 Å². The van der Waals surface area contributed by atoms with Crippen molar-refractivity contribution in [2.75, 3.05) is 5.32 Å². The first-order chi connectivity index (χ1) is 10.6. The number of carbonyl (C=O) groups excluding carboxylic acids is 1. The minimum Gasteiger partial charge on any atom is -0.321 e. The molecule has 0 atom stereocenters. The lowest BCUT2D eigenvalue weighted by molar-refractivity contribution is 0.102. The maximum Gasteiger partial charge on any atom is 0.275 e. The van der Waals surface area contributed by atoms with Gasteiger partial charge in [0.15, 0.2) is 0 Å². The van der Waals surface area contributed by atoms with Gasteiger partial charge >= 0.3 is 0 Å². The van der Waals surface area contributed by atoms with Gasteiger partial charge in [-0.3, -0.25) is 4.79 Å². The van der Waals surface area contributed by atoms with Gasteiger partial charge in [-0.15, -0.1) is 0 Å². The number of carbonyl (C=O) groups is 1. The largest absolute Gasteiger partial charge is 0.321 e. The van der Waals surface area contributed by atoms with E-state index in [1.54, 1.807) is 35.3 Å². The molecular weight excluding hydrogens is 325 g/mol. The molecule has 8 heteroatoms. The Labute approximate surface area is 135 Å². The Morgan fingerprint density at radius 2 is 1.86 bits per heavy atom. The first-order valence-corrected chi connectivity index (χ1v) is 6.97. The number of amides is 1. The standard InChI is InChI=1S/C14H9Cl2N5O/c15-11-5-6-12(16)20-13(11)14(22)19-9-1-3-10(4-2-9)21-8-17-7-18-21/h1-8H,(H,19,22). The molecule has 0 spiro atoms. The van der Waals surface area contributed by atoms with Gasteiger partial charge in [0, 0.05) is 5.69 Å². The van der Waals surface area contributed by atoms with Crippen LogP contribution in [0.25, 0.3) is 5.69 Å². The van der Waals surface area contributed by atoms with Gasteiger partial charge in [-0.05, 0) is 36.4 Å². The molecule has 0 bridgehead atoms. The third-order valence-electron chi connectivity index (χ3n) is 2.84. The average Bonchev–Trinajstić information content (AvgIpc) is 3.05. The molecule has 0 saturated heterocycles. The molecule has 0 fully saturated rings. The fourth-order valence-corrected chi connectivity index (χ4v) is 2.15. The Morgan fingerprint density at radius 3 is 2.55 bits per heavy atom. The predicted octanol–water partition coefficient (Wildman–Crippen LogP) is 3.22. The second kappa shape index (κ2) is 6.13. The van der Waals surface area contributed by atoms with Crippen molar-refractivity contribution in [3.05, 3.63) is 64.9 Å². The topological polar surface area (TPSA) is 72.7 Å². The molecule has 110 valence electrons. The maximum absolute atomic E-state index is 12.2. The van der Waals surface area contributed by atoms with Crippen molar-refractivity contribution in [1.29, 1.82) is 0 Å². The van der Waals surface area contributed by atoms with Crippen LogP contribution < -0.4 is 5.32 Å².